The third-order valence-corrected chi connectivity index (χ3v) is 2.68. The van der Waals surface area contributed by atoms with Crippen LogP contribution in [0.25, 0.3) is 0 Å². The van der Waals surface area contributed by atoms with Crippen LogP contribution in [0.5, 0.6) is 5.75 Å². The number of non-ortho nitro benzene ring substituents is 1. The third-order valence-electron chi connectivity index (χ3n) is 2.68. The highest BCUT2D eigenvalue weighted by atomic mass is 19.1. The van der Waals surface area contributed by atoms with Gasteiger partial charge in [-0.3, -0.25) is 10.1 Å². The highest BCUT2D eigenvalue weighted by Crippen LogP contribution is 2.24. The lowest BCUT2D eigenvalue weighted by atomic mass is 10.1. The number of halogens is 1. The zero-order valence-electron chi connectivity index (χ0n) is 10.2. The second-order valence-corrected chi connectivity index (χ2v) is 4.07. The molecule has 0 aliphatic heterocycles. The van der Waals surface area contributed by atoms with Crippen molar-refractivity contribution >= 4 is 5.69 Å². The molecule has 2 rings (SSSR count). The van der Waals surface area contributed by atoms with Crippen LogP contribution >= 0.6 is 0 Å². The first-order valence-electron chi connectivity index (χ1n) is 5.73. The molecule has 4 nitrogen and oxygen atoms in total. The van der Waals surface area contributed by atoms with Crippen LogP contribution < -0.4 is 4.74 Å². The molecule has 0 bridgehead atoms. The van der Waals surface area contributed by atoms with Crippen LogP contribution in [-0.4, -0.2) is 4.92 Å². The molecule has 0 saturated carbocycles. The second-order valence-electron chi connectivity index (χ2n) is 4.07. The topological polar surface area (TPSA) is 52.4 Å². The summed E-state index contributed by atoms with van der Waals surface area (Å²) in [7, 11) is 0. The fraction of sp³-hybridized carbons (Fsp3) is 0.143. The van der Waals surface area contributed by atoms with Gasteiger partial charge in [-0.1, -0.05) is 12.1 Å². The summed E-state index contributed by atoms with van der Waals surface area (Å²) >= 11 is 0. The summed E-state index contributed by atoms with van der Waals surface area (Å²) in [5.41, 5.74) is 0.712. The molecule has 0 aromatic heterocycles. The Morgan fingerprint density at radius 3 is 2.47 bits per heavy atom. The van der Waals surface area contributed by atoms with Crippen molar-refractivity contribution in [3.63, 3.8) is 0 Å². The Bertz CT molecular complexity index is 583. The Hall–Kier alpha value is -2.43. The van der Waals surface area contributed by atoms with Gasteiger partial charge in [0.05, 0.1) is 4.92 Å². The van der Waals surface area contributed by atoms with E-state index in [0.717, 1.165) is 0 Å². The summed E-state index contributed by atoms with van der Waals surface area (Å²) in [5, 5.41) is 10.5. The van der Waals surface area contributed by atoms with Gasteiger partial charge in [-0.25, -0.2) is 4.39 Å². The lowest BCUT2D eigenvalue weighted by Gasteiger charge is -2.14. The van der Waals surface area contributed by atoms with E-state index in [1.54, 1.807) is 19.1 Å². The molecule has 0 amide bonds. The molecule has 2 aromatic rings. The van der Waals surface area contributed by atoms with Crippen molar-refractivity contribution in [2.24, 2.45) is 0 Å². The molecule has 98 valence electrons. The molecule has 0 heterocycles. The number of hydrogen-bond donors (Lipinski definition) is 0. The highest BCUT2D eigenvalue weighted by molar-refractivity contribution is 5.36. The summed E-state index contributed by atoms with van der Waals surface area (Å²) in [5.74, 6) is 0.180. The van der Waals surface area contributed by atoms with Crippen LogP contribution in [0.4, 0.5) is 10.1 Å². The number of ether oxygens (including phenoxy) is 1. The molecule has 0 spiro atoms. The molecule has 2 aromatic carbocycles. The Morgan fingerprint density at radius 1 is 1.21 bits per heavy atom. The first-order chi connectivity index (χ1) is 9.06. The van der Waals surface area contributed by atoms with Gasteiger partial charge in [0.1, 0.15) is 17.7 Å². The molecule has 5 heteroatoms. The number of nitro groups is 1. The second kappa shape index (κ2) is 5.48. The number of nitrogens with zero attached hydrogens (tertiary/aromatic N) is 1. The lowest BCUT2D eigenvalue weighted by Crippen LogP contribution is -2.03. The van der Waals surface area contributed by atoms with Crippen LogP contribution in [0.3, 0.4) is 0 Å². The van der Waals surface area contributed by atoms with E-state index in [0.29, 0.717) is 11.3 Å². The zero-order valence-corrected chi connectivity index (χ0v) is 10.2. The Kier molecular flexibility index (Phi) is 3.75. The smallest absolute Gasteiger partial charge is 0.269 e. The SMILES string of the molecule is CC(Oc1ccc([N+](=O)[O-])cc1)c1cccc(F)c1. The maximum Gasteiger partial charge on any atom is 0.269 e. The van der Waals surface area contributed by atoms with Crippen molar-refractivity contribution in [1.29, 1.82) is 0 Å². The number of benzene rings is 2. The molecular weight excluding hydrogens is 249 g/mol. The molecule has 0 aliphatic carbocycles. The largest absolute Gasteiger partial charge is 0.486 e. The van der Waals surface area contributed by atoms with Gasteiger partial charge in [0.15, 0.2) is 0 Å². The molecule has 0 N–H and O–H groups in total. The van der Waals surface area contributed by atoms with Gasteiger partial charge in [-0.05, 0) is 36.8 Å². The van der Waals surface area contributed by atoms with Crippen LogP contribution in [0, 0.1) is 15.9 Å². The Labute approximate surface area is 109 Å². The minimum absolute atomic E-state index is 0.00533. The lowest BCUT2D eigenvalue weighted by molar-refractivity contribution is -0.384. The van der Waals surface area contributed by atoms with Gasteiger partial charge in [0.25, 0.3) is 5.69 Å². The van der Waals surface area contributed by atoms with Crippen molar-refractivity contribution in [2.45, 2.75) is 13.0 Å². The van der Waals surface area contributed by atoms with E-state index in [1.165, 1.54) is 36.4 Å². The molecule has 19 heavy (non-hydrogen) atoms. The molecule has 0 saturated heterocycles. The van der Waals surface area contributed by atoms with Crippen molar-refractivity contribution in [2.75, 3.05) is 0 Å². The Balaban J connectivity index is 2.10. The van der Waals surface area contributed by atoms with Crippen LogP contribution in [-0.2, 0) is 0 Å². The van der Waals surface area contributed by atoms with Crippen LogP contribution in [0.2, 0.25) is 0 Å². The van der Waals surface area contributed by atoms with E-state index < -0.39 is 4.92 Å². The van der Waals surface area contributed by atoms with Crippen molar-refractivity contribution in [1.82, 2.24) is 0 Å². The van der Waals surface area contributed by atoms with E-state index in [-0.39, 0.29) is 17.6 Å². The minimum Gasteiger partial charge on any atom is -0.486 e. The summed E-state index contributed by atoms with van der Waals surface area (Å²) in [6.45, 7) is 1.79. The molecule has 0 aliphatic rings. The number of nitro benzene ring substituents is 1. The molecule has 0 radical (unpaired) electrons. The summed E-state index contributed by atoms with van der Waals surface area (Å²) in [6, 6.07) is 11.9. The van der Waals surface area contributed by atoms with Crippen LogP contribution in [0.1, 0.15) is 18.6 Å². The van der Waals surface area contributed by atoms with Crippen LogP contribution in [0.15, 0.2) is 48.5 Å². The average Bonchev–Trinajstić information content (AvgIpc) is 2.39. The van der Waals surface area contributed by atoms with Gasteiger partial charge in [-0.2, -0.15) is 0 Å². The van der Waals surface area contributed by atoms with E-state index in [9.17, 15) is 14.5 Å². The molecule has 0 fully saturated rings. The first-order valence-corrected chi connectivity index (χ1v) is 5.73. The monoisotopic (exact) mass is 261 g/mol. The van der Waals surface area contributed by atoms with E-state index >= 15 is 0 Å². The van der Waals surface area contributed by atoms with Gasteiger partial charge in [0.2, 0.25) is 0 Å². The molecular formula is C14H12FNO3. The minimum atomic E-state index is -0.472. The van der Waals surface area contributed by atoms with Gasteiger partial charge in [-0.15, -0.1) is 0 Å². The van der Waals surface area contributed by atoms with Crippen molar-refractivity contribution < 1.29 is 14.1 Å². The summed E-state index contributed by atoms with van der Waals surface area (Å²) in [6.07, 6.45) is -0.336. The van der Waals surface area contributed by atoms with E-state index in [1.807, 2.05) is 0 Å². The highest BCUT2D eigenvalue weighted by Gasteiger charge is 2.10. The fourth-order valence-corrected chi connectivity index (χ4v) is 1.68. The fourth-order valence-electron chi connectivity index (χ4n) is 1.68. The quantitative estimate of drug-likeness (QED) is 0.620. The van der Waals surface area contributed by atoms with Crippen molar-refractivity contribution in [3.05, 3.63) is 70.0 Å². The average molecular weight is 261 g/mol. The third kappa shape index (κ3) is 3.28. The van der Waals surface area contributed by atoms with Gasteiger partial charge >= 0.3 is 0 Å². The number of rotatable bonds is 4. The molecule has 1 unspecified atom stereocenters. The Morgan fingerprint density at radius 2 is 1.89 bits per heavy atom. The maximum atomic E-state index is 13.1. The zero-order chi connectivity index (χ0) is 13.8. The first kappa shape index (κ1) is 13.0. The maximum absolute atomic E-state index is 13.1. The standard InChI is InChI=1S/C14H12FNO3/c1-10(11-3-2-4-12(15)9-11)19-14-7-5-13(6-8-14)16(17)18/h2-10H,1H3. The predicted octanol–water partition coefficient (Wildman–Crippen LogP) is 3.87. The van der Waals surface area contributed by atoms with E-state index in [4.69, 9.17) is 4.74 Å². The van der Waals surface area contributed by atoms with E-state index in [2.05, 4.69) is 0 Å². The normalized spacial score (nSPS) is 11.9. The summed E-state index contributed by atoms with van der Waals surface area (Å²) < 4.78 is 18.7. The predicted molar refractivity (Wildman–Crippen MR) is 68.5 cm³/mol. The molecule has 1 atom stereocenters. The van der Waals surface area contributed by atoms with Crippen molar-refractivity contribution in [3.8, 4) is 5.75 Å². The van der Waals surface area contributed by atoms with Gasteiger partial charge in [0, 0.05) is 12.1 Å². The van der Waals surface area contributed by atoms with Gasteiger partial charge < -0.3 is 4.74 Å². The number of hydrogen-bond acceptors (Lipinski definition) is 3. The summed E-state index contributed by atoms with van der Waals surface area (Å²) in [4.78, 5) is 10.0.